The van der Waals surface area contributed by atoms with Gasteiger partial charge >= 0.3 is 5.97 Å². The van der Waals surface area contributed by atoms with Crippen molar-refractivity contribution in [3.8, 4) is 11.5 Å². The van der Waals surface area contributed by atoms with Crippen molar-refractivity contribution in [1.29, 1.82) is 0 Å². The Morgan fingerprint density at radius 3 is 1.93 bits per heavy atom. The van der Waals surface area contributed by atoms with Gasteiger partial charge in [0, 0.05) is 0 Å². The number of rotatable bonds is 4. The molecule has 4 aromatic carbocycles. The minimum absolute atomic E-state index is 0.323. The first-order chi connectivity index (χ1) is 14.6. The highest BCUT2D eigenvalue weighted by atomic mass is 16.5. The molecule has 0 unspecified atom stereocenters. The van der Waals surface area contributed by atoms with Crippen molar-refractivity contribution in [2.75, 3.05) is 0 Å². The summed E-state index contributed by atoms with van der Waals surface area (Å²) in [4.78, 5) is 12.4. The van der Waals surface area contributed by atoms with Gasteiger partial charge in [0.25, 0.3) is 0 Å². The molecule has 0 heterocycles. The second-order valence-corrected chi connectivity index (χ2v) is 6.93. The van der Waals surface area contributed by atoms with Crippen LogP contribution in [0.25, 0.3) is 10.8 Å². The van der Waals surface area contributed by atoms with Crippen molar-refractivity contribution in [3.05, 3.63) is 108 Å². The molecule has 0 aliphatic rings. The summed E-state index contributed by atoms with van der Waals surface area (Å²) in [6, 6.07) is 28.4. The van der Waals surface area contributed by atoms with Gasteiger partial charge in [0.05, 0.1) is 5.56 Å². The van der Waals surface area contributed by atoms with E-state index in [-0.39, 0.29) is 5.97 Å². The predicted molar refractivity (Wildman–Crippen MR) is 122 cm³/mol. The van der Waals surface area contributed by atoms with Gasteiger partial charge in [-0.05, 0) is 65.1 Å². The smallest absolute Gasteiger partial charge is 0.344 e. The van der Waals surface area contributed by atoms with Gasteiger partial charge in [-0.25, -0.2) is 4.79 Å². The number of carbonyl (C=O) groups excluding carboxylic acids is 1. The average Bonchev–Trinajstić information content (AvgIpc) is 2.80. The molecule has 0 spiro atoms. The molecule has 0 aliphatic carbocycles. The number of aryl methyl sites for hydroxylation is 2. The number of hydrogen-bond donors (Lipinski definition) is 1. The van der Waals surface area contributed by atoms with E-state index in [1.54, 1.807) is 18.2 Å². The second kappa shape index (κ2) is 10.3. The van der Waals surface area contributed by atoms with Gasteiger partial charge in [-0.3, -0.25) is 0 Å². The molecule has 0 aliphatic heterocycles. The van der Waals surface area contributed by atoms with Gasteiger partial charge in [0.15, 0.2) is 0 Å². The first kappa shape index (κ1) is 21.1. The first-order valence-corrected chi connectivity index (χ1v) is 10.2. The molecule has 0 fully saturated rings. The highest BCUT2D eigenvalue weighted by molar-refractivity contribution is 6.05. The highest BCUT2D eigenvalue weighted by Crippen LogP contribution is 2.21. The number of carbonyl (C=O) groups is 1. The van der Waals surface area contributed by atoms with Crippen molar-refractivity contribution in [1.82, 2.24) is 0 Å². The van der Waals surface area contributed by atoms with Crippen LogP contribution in [-0.4, -0.2) is 11.1 Å². The third-order valence-corrected chi connectivity index (χ3v) is 4.90. The van der Waals surface area contributed by atoms with Gasteiger partial charge < -0.3 is 9.84 Å². The van der Waals surface area contributed by atoms with Crippen LogP contribution in [-0.2, 0) is 12.8 Å². The molecule has 0 bridgehead atoms. The van der Waals surface area contributed by atoms with Gasteiger partial charge in [-0.2, -0.15) is 0 Å². The maximum Gasteiger partial charge on any atom is 0.344 e. The van der Waals surface area contributed by atoms with Crippen LogP contribution in [0.1, 0.15) is 35.3 Å². The molecule has 0 atom stereocenters. The third kappa shape index (κ3) is 5.48. The van der Waals surface area contributed by atoms with Crippen LogP contribution in [0, 0.1) is 0 Å². The molecule has 3 heteroatoms. The van der Waals surface area contributed by atoms with Crippen LogP contribution < -0.4 is 4.74 Å². The van der Waals surface area contributed by atoms with E-state index in [9.17, 15) is 4.79 Å². The fourth-order valence-corrected chi connectivity index (χ4v) is 3.09. The number of benzene rings is 4. The summed E-state index contributed by atoms with van der Waals surface area (Å²) in [7, 11) is 0. The van der Waals surface area contributed by atoms with E-state index in [4.69, 9.17) is 9.84 Å². The van der Waals surface area contributed by atoms with E-state index in [1.165, 1.54) is 11.1 Å². The van der Waals surface area contributed by atoms with Crippen molar-refractivity contribution in [2.45, 2.75) is 26.7 Å². The Morgan fingerprint density at radius 2 is 1.30 bits per heavy atom. The SMILES string of the molecule is CCc1ccc(O)cc1.CCc1ccc(OC(=O)c2cccc3ccccc23)cc1. The summed E-state index contributed by atoms with van der Waals surface area (Å²) < 4.78 is 5.47. The summed E-state index contributed by atoms with van der Waals surface area (Å²) in [6.07, 6.45) is 2.00. The topological polar surface area (TPSA) is 46.5 Å². The molecular formula is C27H26O3. The van der Waals surface area contributed by atoms with Crippen LogP contribution in [0.15, 0.2) is 91.0 Å². The van der Waals surface area contributed by atoms with Crippen molar-refractivity contribution in [3.63, 3.8) is 0 Å². The van der Waals surface area contributed by atoms with Gasteiger partial charge in [-0.1, -0.05) is 74.5 Å². The summed E-state index contributed by atoms with van der Waals surface area (Å²) in [5, 5.41) is 10.8. The van der Waals surface area contributed by atoms with Crippen LogP contribution >= 0.6 is 0 Å². The van der Waals surface area contributed by atoms with Crippen LogP contribution in [0.5, 0.6) is 11.5 Å². The number of aromatic hydroxyl groups is 1. The summed E-state index contributed by atoms with van der Waals surface area (Å²) >= 11 is 0. The Bertz CT molecular complexity index is 1090. The molecule has 0 amide bonds. The van der Waals surface area contributed by atoms with Crippen LogP contribution in [0.2, 0.25) is 0 Å². The molecule has 0 saturated carbocycles. The van der Waals surface area contributed by atoms with Crippen LogP contribution in [0.3, 0.4) is 0 Å². The molecule has 0 radical (unpaired) electrons. The molecule has 0 aromatic heterocycles. The Balaban J connectivity index is 0.000000239. The molecule has 4 aromatic rings. The molecular weight excluding hydrogens is 372 g/mol. The van der Waals surface area contributed by atoms with E-state index in [0.29, 0.717) is 17.1 Å². The second-order valence-electron chi connectivity index (χ2n) is 6.93. The zero-order valence-electron chi connectivity index (χ0n) is 17.3. The number of phenolic OH excluding ortho intramolecular Hbond substituents is 1. The van der Waals surface area contributed by atoms with Crippen LogP contribution in [0.4, 0.5) is 0 Å². The molecule has 0 saturated heterocycles. The number of esters is 1. The van der Waals surface area contributed by atoms with Gasteiger partial charge in [0.1, 0.15) is 11.5 Å². The maximum absolute atomic E-state index is 12.4. The molecule has 3 nitrogen and oxygen atoms in total. The molecule has 152 valence electrons. The van der Waals surface area contributed by atoms with E-state index in [2.05, 4.69) is 13.8 Å². The molecule has 4 rings (SSSR count). The fourth-order valence-electron chi connectivity index (χ4n) is 3.09. The Morgan fingerprint density at radius 1 is 0.733 bits per heavy atom. The number of phenols is 1. The first-order valence-electron chi connectivity index (χ1n) is 10.2. The Labute approximate surface area is 177 Å². The van der Waals surface area contributed by atoms with Crippen molar-refractivity contribution >= 4 is 16.7 Å². The van der Waals surface area contributed by atoms with Gasteiger partial charge in [0.2, 0.25) is 0 Å². The lowest BCUT2D eigenvalue weighted by atomic mass is 10.0. The minimum atomic E-state index is -0.323. The quantitative estimate of drug-likeness (QED) is 0.312. The lowest BCUT2D eigenvalue weighted by Gasteiger charge is -2.07. The lowest BCUT2D eigenvalue weighted by Crippen LogP contribution is -2.09. The predicted octanol–water partition coefficient (Wildman–Crippen LogP) is 6.58. The van der Waals surface area contributed by atoms with Crippen molar-refractivity contribution in [2.24, 2.45) is 0 Å². The number of fused-ring (bicyclic) bond motifs is 1. The lowest BCUT2D eigenvalue weighted by molar-refractivity contribution is 0.0737. The number of ether oxygens (including phenoxy) is 1. The normalized spacial score (nSPS) is 10.2. The zero-order chi connectivity index (χ0) is 21.3. The average molecular weight is 399 g/mol. The van der Waals surface area contributed by atoms with E-state index in [0.717, 1.165) is 23.6 Å². The standard InChI is InChI=1S/C19H16O2.C8H10O/c1-2-14-10-12-16(13-11-14)21-19(20)18-9-5-7-15-6-3-4-8-17(15)18;1-2-7-3-5-8(9)6-4-7/h3-13H,2H2,1H3;3-6,9H,2H2,1H3. The van der Waals surface area contributed by atoms with E-state index in [1.807, 2.05) is 72.8 Å². The summed E-state index contributed by atoms with van der Waals surface area (Å²) in [5.74, 6) is 0.591. The summed E-state index contributed by atoms with van der Waals surface area (Å²) in [6.45, 7) is 4.18. The maximum atomic E-state index is 12.4. The molecule has 30 heavy (non-hydrogen) atoms. The fraction of sp³-hybridized carbons (Fsp3) is 0.148. The van der Waals surface area contributed by atoms with E-state index >= 15 is 0 Å². The minimum Gasteiger partial charge on any atom is -0.508 e. The molecule has 1 N–H and O–H groups in total. The summed E-state index contributed by atoms with van der Waals surface area (Å²) in [5.41, 5.74) is 3.07. The van der Waals surface area contributed by atoms with E-state index < -0.39 is 0 Å². The number of hydrogen-bond acceptors (Lipinski definition) is 3. The van der Waals surface area contributed by atoms with Crippen molar-refractivity contribution < 1.29 is 14.6 Å². The van der Waals surface area contributed by atoms with Gasteiger partial charge in [-0.15, -0.1) is 0 Å². The highest BCUT2D eigenvalue weighted by Gasteiger charge is 2.12. The monoisotopic (exact) mass is 398 g/mol. The Kier molecular flexibility index (Phi) is 7.23. The third-order valence-electron chi connectivity index (χ3n) is 4.90. The Hall–Kier alpha value is -3.59. The zero-order valence-corrected chi connectivity index (χ0v) is 17.3. The largest absolute Gasteiger partial charge is 0.508 e.